The highest BCUT2D eigenvalue weighted by molar-refractivity contribution is 5.82. The summed E-state index contributed by atoms with van der Waals surface area (Å²) in [5.41, 5.74) is 0.452. The first kappa shape index (κ1) is 14.1. The summed E-state index contributed by atoms with van der Waals surface area (Å²) in [5, 5.41) is 0. The van der Waals surface area contributed by atoms with Gasteiger partial charge in [-0.1, -0.05) is 78.9 Å². The van der Waals surface area contributed by atoms with Crippen molar-refractivity contribution in [2.45, 2.75) is 6.42 Å². The molecule has 0 N–H and O–H groups in total. The number of carbonyl (C=O) groups is 1. The van der Waals surface area contributed by atoms with Crippen LogP contribution in [0.1, 0.15) is 12.0 Å². The van der Waals surface area contributed by atoms with Crippen LogP contribution in [-0.2, 0) is 9.53 Å². The monoisotopic (exact) mass is 266 g/mol. The zero-order valence-electron chi connectivity index (χ0n) is 11.5. The first-order valence-corrected chi connectivity index (χ1v) is 6.61. The van der Waals surface area contributed by atoms with E-state index in [9.17, 15) is 4.79 Å². The number of hydrogen-bond donors (Lipinski definition) is 0. The molecule has 20 heavy (non-hydrogen) atoms. The van der Waals surface area contributed by atoms with Crippen LogP contribution >= 0.6 is 0 Å². The lowest BCUT2D eigenvalue weighted by molar-refractivity contribution is -0.147. The summed E-state index contributed by atoms with van der Waals surface area (Å²) in [6, 6.07) is 10.0. The predicted molar refractivity (Wildman–Crippen MR) is 82.0 cm³/mol. The SMILES string of the molecule is COC(=O)C1(C=CC=Cc2ccccc2)C=CC=CC1. The molecule has 0 radical (unpaired) electrons. The molecule has 1 aliphatic carbocycles. The van der Waals surface area contributed by atoms with Gasteiger partial charge in [-0.2, -0.15) is 0 Å². The largest absolute Gasteiger partial charge is 0.468 e. The van der Waals surface area contributed by atoms with Crippen LogP contribution in [0.25, 0.3) is 6.08 Å². The highest BCUT2D eigenvalue weighted by Gasteiger charge is 2.33. The number of allylic oxidation sites excluding steroid dienone is 5. The van der Waals surface area contributed by atoms with Crippen LogP contribution in [0.4, 0.5) is 0 Å². The van der Waals surface area contributed by atoms with Gasteiger partial charge in [0, 0.05) is 0 Å². The van der Waals surface area contributed by atoms with Crippen LogP contribution in [-0.4, -0.2) is 13.1 Å². The Morgan fingerprint density at radius 2 is 2.00 bits per heavy atom. The van der Waals surface area contributed by atoms with E-state index in [1.807, 2.05) is 78.9 Å². The number of methoxy groups -OCH3 is 1. The lowest BCUT2D eigenvalue weighted by atomic mass is 9.81. The molecule has 2 heteroatoms. The van der Waals surface area contributed by atoms with Gasteiger partial charge >= 0.3 is 5.97 Å². The number of carbonyl (C=O) groups excluding carboxylic acids is 1. The Labute approximate surface area is 119 Å². The molecule has 2 rings (SSSR count). The highest BCUT2D eigenvalue weighted by Crippen LogP contribution is 2.31. The number of rotatable bonds is 4. The molecule has 1 aromatic rings. The van der Waals surface area contributed by atoms with E-state index in [-0.39, 0.29) is 5.97 Å². The normalized spacial score (nSPS) is 21.6. The van der Waals surface area contributed by atoms with Crippen LogP contribution in [0.15, 0.2) is 72.9 Å². The second-order valence-electron chi connectivity index (χ2n) is 4.65. The standard InChI is InChI=1S/C18H18O2/c1-20-17(19)18(13-7-3-8-14-18)15-9-6-12-16-10-4-2-5-11-16/h2-13,15H,14H2,1H3. The molecule has 0 aromatic heterocycles. The summed E-state index contributed by atoms with van der Waals surface area (Å²) in [5.74, 6) is -0.234. The zero-order valence-corrected chi connectivity index (χ0v) is 11.5. The second kappa shape index (κ2) is 6.71. The second-order valence-corrected chi connectivity index (χ2v) is 4.65. The van der Waals surface area contributed by atoms with Crippen molar-refractivity contribution in [3.05, 3.63) is 78.4 Å². The summed E-state index contributed by atoms with van der Waals surface area (Å²) in [6.45, 7) is 0. The fourth-order valence-electron chi connectivity index (χ4n) is 2.13. The summed E-state index contributed by atoms with van der Waals surface area (Å²) in [6.07, 6.45) is 16.0. The lowest BCUT2D eigenvalue weighted by Gasteiger charge is -2.24. The van der Waals surface area contributed by atoms with Gasteiger partial charge in [0.1, 0.15) is 5.41 Å². The first-order chi connectivity index (χ1) is 9.77. The maximum Gasteiger partial charge on any atom is 0.319 e. The molecule has 2 nitrogen and oxygen atoms in total. The van der Waals surface area contributed by atoms with E-state index >= 15 is 0 Å². The van der Waals surface area contributed by atoms with Crippen LogP contribution in [0, 0.1) is 5.41 Å². The number of ether oxygens (including phenoxy) is 1. The molecule has 0 saturated carbocycles. The van der Waals surface area contributed by atoms with E-state index in [0.29, 0.717) is 6.42 Å². The lowest BCUT2D eigenvalue weighted by Crippen LogP contribution is -2.28. The Kier molecular flexibility index (Phi) is 4.72. The minimum atomic E-state index is -0.676. The van der Waals surface area contributed by atoms with Gasteiger partial charge in [0.25, 0.3) is 0 Å². The van der Waals surface area contributed by atoms with Crippen molar-refractivity contribution in [2.75, 3.05) is 7.11 Å². The van der Waals surface area contributed by atoms with E-state index < -0.39 is 5.41 Å². The van der Waals surface area contributed by atoms with Crippen molar-refractivity contribution < 1.29 is 9.53 Å². The number of hydrogen-bond acceptors (Lipinski definition) is 2. The van der Waals surface area contributed by atoms with Crippen LogP contribution in [0.2, 0.25) is 0 Å². The minimum absolute atomic E-state index is 0.234. The molecule has 1 aliphatic rings. The van der Waals surface area contributed by atoms with E-state index in [0.717, 1.165) is 5.56 Å². The van der Waals surface area contributed by atoms with Crippen molar-refractivity contribution >= 4 is 12.0 Å². The Morgan fingerprint density at radius 3 is 2.65 bits per heavy atom. The van der Waals surface area contributed by atoms with Gasteiger partial charge in [0.2, 0.25) is 0 Å². The molecule has 0 heterocycles. The third-order valence-electron chi connectivity index (χ3n) is 3.25. The molecule has 102 valence electrons. The van der Waals surface area contributed by atoms with Gasteiger partial charge in [0.15, 0.2) is 0 Å². The third kappa shape index (κ3) is 3.35. The van der Waals surface area contributed by atoms with Crippen LogP contribution in [0.3, 0.4) is 0 Å². The molecule has 0 amide bonds. The van der Waals surface area contributed by atoms with Gasteiger partial charge in [-0.15, -0.1) is 0 Å². The van der Waals surface area contributed by atoms with Crippen molar-refractivity contribution in [2.24, 2.45) is 5.41 Å². The number of esters is 1. The van der Waals surface area contributed by atoms with Gasteiger partial charge in [-0.05, 0) is 12.0 Å². The molecular formula is C18H18O2. The zero-order chi connectivity index (χ0) is 14.3. The van der Waals surface area contributed by atoms with Crippen LogP contribution in [0.5, 0.6) is 0 Å². The van der Waals surface area contributed by atoms with E-state index in [1.165, 1.54) is 7.11 Å². The van der Waals surface area contributed by atoms with Gasteiger partial charge < -0.3 is 4.74 Å². The van der Waals surface area contributed by atoms with Gasteiger partial charge in [-0.25, -0.2) is 0 Å². The molecule has 0 fully saturated rings. The quantitative estimate of drug-likeness (QED) is 0.609. The number of benzene rings is 1. The Balaban J connectivity index is 2.11. The average Bonchev–Trinajstić information content (AvgIpc) is 2.53. The molecule has 0 spiro atoms. The predicted octanol–water partition coefficient (Wildman–Crippen LogP) is 3.93. The molecule has 0 aliphatic heterocycles. The van der Waals surface area contributed by atoms with E-state index in [2.05, 4.69) is 0 Å². The Bertz CT molecular complexity index is 564. The van der Waals surface area contributed by atoms with Crippen molar-refractivity contribution in [3.8, 4) is 0 Å². The molecule has 1 aromatic carbocycles. The topological polar surface area (TPSA) is 26.3 Å². The molecular weight excluding hydrogens is 248 g/mol. The molecule has 1 atom stereocenters. The van der Waals surface area contributed by atoms with Gasteiger partial charge in [-0.3, -0.25) is 4.79 Å². The fraction of sp³-hybridized carbons (Fsp3) is 0.167. The van der Waals surface area contributed by atoms with Crippen molar-refractivity contribution in [1.82, 2.24) is 0 Å². The molecule has 0 saturated heterocycles. The van der Waals surface area contributed by atoms with E-state index in [4.69, 9.17) is 4.74 Å². The van der Waals surface area contributed by atoms with Crippen LogP contribution < -0.4 is 0 Å². The summed E-state index contributed by atoms with van der Waals surface area (Å²) >= 11 is 0. The van der Waals surface area contributed by atoms with Gasteiger partial charge in [0.05, 0.1) is 7.11 Å². The van der Waals surface area contributed by atoms with E-state index in [1.54, 1.807) is 0 Å². The molecule has 0 bridgehead atoms. The van der Waals surface area contributed by atoms with Crippen molar-refractivity contribution in [3.63, 3.8) is 0 Å². The Hall–Kier alpha value is -2.35. The maximum absolute atomic E-state index is 12.0. The third-order valence-corrected chi connectivity index (χ3v) is 3.25. The summed E-state index contributed by atoms with van der Waals surface area (Å²) < 4.78 is 4.91. The average molecular weight is 266 g/mol. The van der Waals surface area contributed by atoms with Crippen molar-refractivity contribution in [1.29, 1.82) is 0 Å². The summed E-state index contributed by atoms with van der Waals surface area (Å²) in [7, 11) is 1.42. The highest BCUT2D eigenvalue weighted by atomic mass is 16.5. The minimum Gasteiger partial charge on any atom is -0.468 e. The molecule has 1 unspecified atom stereocenters. The Morgan fingerprint density at radius 1 is 1.20 bits per heavy atom. The first-order valence-electron chi connectivity index (χ1n) is 6.61. The fourth-order valence-corrected chi connectivity index (χ4v) is 2.13. The smallest absolute Gasteiger partial charge is 0.319 e. The summed E-state index contributed by atoms with van der Waals surface area (Å²) in [4.78, 5) is 12.0. The maximum atomic E-state index is 12.0.